The minimum atomic E-state index is -0.778. The average molecular weight is 556 g/mol. The van der Waals surface area contributed by atoms with E-state index in [4.69, 9.17) is 10.2 Å². The number of rotatable bonds is 29. The Balaban J connectivity index is 3.30. The molecular formula is C30H57N3O6. The minimum Gasteiger partial charge on any atom is -0.481 e. The van der Waals surface area contributed by atoms with Crippen LogP contribution < -0.4 is 16.0 Å². The molecule has 0 aromatic rings. The molecular weight excluding hydrogens is 498 g/mol. The summed E-state index contributed by atoms with van der Waals surface area (Å²) in [6.45, 7) is 4.07. The number of unbranched alkanes of at least 4 members (excludes halogenated alkanes) is 14. The van der Waals surface area contributed by atoms with Gasteiger partial charge in [0, 0.05) is 45.4 Å². The first-order chi connectivity index (χ1) is 18.8. The zero-order chi connectivity index (χ0) is 29.0. The number of nitrogens with one attached hydrogen (secondary N) is 3. The molecule has 0 rings (SSSR count). The van der Waals surface area contributed by atoms with Crippen LogP contribution in [-0.2, 0) is 19.2 Å². The molecule has 9 nitrogen and oxygen atoms in total. The lowest BCUT2D eigenvalue weighted by molar-refractivity contribution is -0.141. The number of aliphatic carboxylic acids is 2. The first kappa shape index (κ1) is 36.8. The van der Waals surface area contributed by atoms with Crippen molar-refractivity contribution in [2.45, 2.75) is 135 Å². The second-order valence-electron chi connectivity index (χ2n) is 10.8. The third-order valence-electron chi connectivity index (χ3n) is 7.00. The summed E-state index contributed by atoms with van der Waals surface area (Å²) in [5, 5.41) is 26.4. The van der Waals surface area contributed by atoms with Crippen molar-refractivity contribution >= 4 is 23.8 Å². The molecule has 0 aliphatic carbocycles. The van der Waals surface area contributed by atoms with E-state index < -0.39 is 11.9 Å². The number of amides is 2. The SMILES string of the molecule is C[C@@H](CCCCNC(=O)CCNCCC(=O)NCCCCCCCCCCCCCCCCC(=O)O)C(=O)O. The van der Waals surface area contributed by atoms with Crippen LogP contribution in [0.4, 0.5) is 0 Å². The van der Waals surface area contributed by atoms with Crippen molar-refractivity contribution in [3.05, 3.63) is 0 Å². The Labute approximate surface area is 236 Å². The predicted molar refractivity (Wildman–Crippen MR) is 156 cm³/mol. The number of hydrogen-bond donors (Lipinski definition) is 5. The summed E-state index contributed by atoms with van der Waals surface area (Å²) in [4.78, 5) is 44.9. The molecule has 1 atom stereocenters. The van der Waals surface area contributed by atoms with Crippen molar-refractivity contribution in [3.8, 4) is 0 Å². The van der Waals surface area contributed by atoms with Crippen LogP contribution in [0.25, 0.3) is 0 Å². The standard InChI is InChI=1S/C30H57N3O6/c1-26(30(38)39)18-15-17-23-33-28(35)21-25-31-24-20-27(34)32-22-16-13-11-9-7-5-3-2-4-6-8-10-12-14-19-29(36)37/h26,31H,2-25H2,1H3,(H,32,34)(H,33,35)(H,36,37)(H,38,39)/t26-/m0/s1. The zero-order valence-electron chi connectivity index (χ0n) is 24.6. The third kappa shape index (κ3) is 28.7. The molecule has 39 heavy (non-hydrogen) atoms. The van der Waals surface area contributed by atoms with Crippen LogP contribution in [0.15, 0.2) is 0 Å². The summed E-state index contributed by atoms with van der Waals surface area (Å²) in [5.74, 6) is -1.79. The van der Waals surface area contributed by atoms with Gasteiger partial charge in [-0.3, -0.25) is 19.2 Å². The maximum Gasteiger partial charge on any atom is 0.306 e. The molecule has 0 aromatic carbocycles. The third-order valence-corrected chi connectivity index (χ3v) is 7.00. The topological polar surface area (TPSA) is 145 Å². The van der Waals surface area contributed by atoms with E-state index in [-0.39, 0.29) is 17.7 Å². The van der Waals surface area contributed by atoms with Crippen LogP contribution in [-0.4, -0.2) is 60.1 Å². The first-order valence-corrected chi connectivity index (χ1v) is 15.5. The van der Waals surface area contributed by atoms with E-state index in [1.165, 1.54) is 57.8 Å². The molecule has 0 spiro atoms. The molecule has 2 amide bonds. The Kier molecular flexibility index (Phi) is 25.9. The van der Waals surface area contributed by atoms with E-state index in [1.807, 2.05) is 0 Å². The molecule has 5 N–H and O–H groups in total. The molecule has 0 aliphatic rings. The highest BCUT2D eigenvalue weighted by molar-refractivity contribution is 5.76. The van der Waals surface area contributed by atoms with E-state index >= 15 is 0 Å². The lowest BCUT2D eigenvalue weighted by atomic mass is 10.0. The van der Waals surface area contributed by atoms with Crippen molar-refractivity contribution in [2.24, 2.45) is 5.92 Å². The summed E-state index contributed by atoms with van der Waals surface area (Å²) >= 11 is 0. The van der Waals surface area contributed by atoms with E-state index in [0.717, 1.165) is 51.5 Å². The van der Waals surface area contributed by atoms with E-state index in [0.29, 0.717) is 45.3 Å². The molecule has 0 saturated carbocycles. The summed E-state index contributed by atoms with van der Waals surface area (Å²) in [7, 11) is 0. The smallest absolute Gasteiger partial charge is 0.306 e. The van der Waals surface area contributed by atoms with Crippen molar-refractivity contribution in [1.29, 1.82) is 0 Å². The van der Waals surface area contributed by atoms with Crippen molar-refractivity contribution in [3.63, 3.8) is 0 Å². The quantitative estimate of drug-likeness (QED) is 0.0775. The van der Waals surface area contributed by atoms with Gasteiger partial charge < -0.3 is 26.2 Å². The maximum absolute atomic E-state index is 11.9. The Hall–Kier alpha value is -2.16. The molecule has 0 fully saturated rings. The van der Waals surface area contributed by atoms with Crippen molar-refractivity contribution in [2.75, 3.05) is 26.2 Å². The fourth-order valence-electron chi connectivity index (χ4n) is 4.38. The summed E-state index contributed by atoms with van der Waals surface area (Å²) in [5.41, 5.74) is 0. The highest BCUT2D eigenvalue weighted by Crippen LogP contribution is 2.13. The Morgan fingerprint density at radius 2 is 0.897 bits per heavy atom. The maximum atomic E-state index is 11.9. The highest BCUT2D eigenvalue weighted by Gasteiger charge is 2.09. The lowest BCUT2D eigenvalue weighted by Crippen LogP contribution is -2.31. The van der Waals surface area contributed by atoms with E-state index in [1.54, 1.807) is 6.92 Å². The van der Waals surface area contributed by atoms with Gasteiger partial charge in [-0.1, -0.05) is 90.4 Å². The Bertz CT molecular complexity index is 644. The summed E-state index contributed by atoms with van der Waals surface area (Å²) in [6.07, 6.45) is 19.9. The number of carbonyl (C=O) groups excluding carboxylic acids is 2. The van der Waals surface area contributed by atoms with E-state index in [2.05, 4.69) is 16.0 Å². The number of carboxylic acid groups (broad SMARTS) is 2. The molecule has 0 radical (unpaired) electrons. The molecule has 0 aliphatic heterocycles. The van der Waals surface area contributed by atoms with Gasteiger partial charge in [-0.05, 0) is 25.7 Å². The molecule has 9 heteroatoms. The van der Waals surface area contributed by atoms with Gasteiger partial charge in [-0.2, -0.15) is 0 Å². The van der Waals surface area contributed by atoms with Crippen LogP contribution in [0.5, 0.6) is 0 Å². The van der Waals surface area contributed by atoms with Gasteiger partial charge in [0.25, 0.3) is 0 Å². The molecule has 0 aromatic heterocycles. The highest BCUT2D eigenvalue weighted by atomic mass is 16.4. The fourth-order valence-corrected chi connectivity index (χ4v) is 4.38. The van der Waals surface area contributed by atoms with Crippen LogP contribution in [0, 0.1) is 5.92 Å². The van der Waals surface area contributed by atoms with Crippen molar-refractivity contribution in [1.82, 2.24) is 16.0 Å². The van der Waals surface area contributed by atoms with Crippen molar-refractivity contribution < 1.29 is 29.4 Å². The van der Waals surface area contributed by atoms with Crippen LogP contribution in [0.3, 0.4) is 0 Å². The normalized spacial score (nSPS) is 11.7. The largest absolute Gasteiger partial charge is 0.481 e. The molecule has 0 heterocycles. The van der Waals surface area contributed by atoms with Crippen LogP contribution >= 0.6 is 0 Å². The van der Waals surface area contributed by atoms with Gasteiger partial charge in [-0.25, -0.2) is 0 Å². The predicted octanol–water partition coefficient (Wildman–Crippen LogP) is 5.42. The molecule has 228 valence electrons. The molecule has 0 saturated heterocycles. The van der Waals surface area contributed by atoms with Gasteiger partial charge >= 0.3 is 11.9 Å². The number of carboxylic acids is 2. The van der Waals surface area contributed by atoms with Gasteiger partial charge in [-0.15, -0.1) is 0 Å². The number of hydrogen-bond acceptors (Lipinski definition) is 5. The number of carbonyl (C=O) groups is 4. The fraction of sp³-hybridized carbons (Fsp3) is 0.867. The van der Waals surface area contributed by atoms with Crippen LogP contribution in [0.2, 0.25) is 0 Å². The van der Waals surface area contributed by atoms with Gasteiger partial charge in [0.05, 0.1) is 5.92 Å². The monoisotopic (exact) mass is 555 g/mol. The summed E-state index contributed by atoms with van der Waals surface area (Å²) in [6, 6.07) is 0. The van der Waals surface area contributed by atoms with Crippen LogP contribution in [0.1, 0.15) is 135 Å². The second-order valence-corrected chi connectivity index (χ2v) is 10.8. The first-order valence-electron chi connectivity index (χ1n) is 15.5. The lowest BCUT2D eigenvalue weighted by Gasteiger charge is -2.08. The molecule has 0 unspecified atom stereocenters. The minimum absolute atomic E-state index is 0.0310. The van der Waals surface area contributed by atoms with Gasteiger partial charge in [0.2, 0.25) is 11.8 Å². The summed E-state index contributed by atoms with van der Waals surface area (Å²) < 4.78 is 0. The zero-order valence-corrected chi connectivity index (χ0v) is 24.6. The average Bonchev–Trinajstić information content (AvgIpc) is 2.89. The van der Waals surface area contributed by atoms with E-state index in [9.17, 15) is 19.2 Å². The Morgan fingerprint density at radius 1 is 0.513 bits per heavy atom. The second kappa shape index (κ2) is 27.4. The molecule has 0 bridgehead atoms. The van der Waals surface area contributed by atoms with Gasteiger partial charge in [0.15, 0.2) is 0 Å². The van der Waals surface area contributed by atoms with Gasteiger partial charge in [0.1, 0.15) is 0 Å². The Morgan fingerprint density at radius 3 is 1.31 bits per heavy atom.